The molecule has 31 heavy (non-hydrogen) atoms. The summed E-state index contributed by atoms with van der Waals surface area (Å²) >= 11 is 6.20. The summed E-state index contributed by atoms with van der Waals surface area (Å²) in [6.07, 6.45) is 11.4. The van der Waals surface area contributed by atoms with Gasteiger partial charge in [-0.05, 0) is 26.0 Å². The lowest BCUT2D eigenvalue weighted by molar-refractivity contribution is 0.0656. The molecule has 2 aliphatic rings. The van der Waals surface area contributed by atoms with Crippen molar-refractivity contribution in [3.8, 4) is 11.1 Å². The fourth-order valence-corrected chi connectivity index (χ4v) is 4.74. The molecular formula is C21H24ClN9. The number of likely N-dealkylation sites (N-methyl/N-ethyl adjacent to an activating group) is 1. The number of nitrogens with zero attached hydrogens (tertiary/aromatic N) is 8. The molecule has 0 unspecified atom stereocenters. The van der Waals surface area contributed by atoms with Gasteiger partial charge in [0.2, 0.25) is 11.7 Å². The van der Waals surface area contributed by atoms with Crippen LogP contribution in [0.3, 0.4) is 0 Å². The molecule has 9 nitrogen and oxygen atoms in total. The van der Waals surface area contributed by atoms with Crippen LogP contribution in [0.4, 0.5) is 5.95 Å². The van der Waals surface area contributed by atoms with E-state index in [1.807, 2.05) is 29.2 Å². The Morgan fingerprint density at radius 3 is 2.68 bits per heavy atom. The molecule has 0 spiro atoms. The van der Waals surface area contributed by atoms with Crippen molar-refractivity contribution in [3.63, 3.8) is 0 Å². The third-order valence-electron chi connectivity index (χ3n) is 6.55. The summed E-state index contributed by atoms with van der Waals surface area (Å²) in [4.78, 5) is 18.2. The Balaban J connectivity index is 1.16. The summed E-state index contributed by atoms with van der Waals surface area (Å²) in [5.41, 5.74) is 2.87. The van der Waals surface area contributed by atoms with E-state index in [1.54, 1.807) is 16.8 Å². The standard InChI is InChI=1S/C21H24ClN9/c1-28-4-6-29(7-5-28)16-8-15(9-16)26-20-23-11-18-17(2-3-31(18)27-20)14-10-24-21-25-12-19(22)30(21)13-14/h2-3,10-13,15-16H,4-9H2,1H3,(H,26,27). The molecule has 1 saturated carbocycles. The van der Waals surface area contributed by atoms with E-state index in [0.29, 0.717) is 29.0 Å². The van der Waals surface area contributed by atoms with Crippen LogP contribution in [0.5, 0.6) is 0 Å². The average molecular weight is 438 g/mol. The van der Waals surface area contributed by atoms with Gasteiger partial charge in [0.15, 0.2) is 0 Å². The number of hydrogen-bond donors (Lipinski definition) is 1. The van der Waals surface area contributed by atoms with E-state index in [0.717, 1.165) is 29.5 Å². The number of piperazine rings is 1. The molecule has 10 heteroatoms. The maximum absolute atomic E-state index is 6.20. The lowest BCUT2D eigenvalue weighted by atomic mass is 9.85. The predicted octanol–water partition coefficient (Wildman–Crippen LogP) is 2.28. The minimum absolute atomic E-state index is 0.437. The molecule has 1 saturated heterocycles. The van der Waals surface area contributed by atoms with Gasteiger partial charge in [-0.15, -0.1) is 5.10 Å². The highest BCUT2D eigenvalue weighted by Gasteiger charge is 2.35. The first-order chi connectivity index (χ1) is 15.1. The van der Waals surface area contributed by atoms with Crippen LogP contribution in [0.1, 0.15) is 12.8 Å². The maximum atomic E-state index is 6.20. The van der Waals surface area contributed by atoms with Crippen molar-refractivity contribution >= 4 is 28.8 Å². The number of aromatic nitrogens is 6. The van der Waals surface area contributed by atoms with Crippen molar-refractivity contribution in [2.75, 3.05) is 38.5 Å². The van der Waals surface area contributed by atoms with Crippen LogP contribution in [0.2, 0.25) is 5.15 Å². The fraction of sp³-hybridized carbons (Fsp3) is 0.429. The lowest BCUT2D eigenvalue weighted by Crippen LogP contribution is -2.55. The first-order valence-corrected chi connectivity index (χ1v) is 11.0. The number of nitrogens with one attached hydrogen (secondary N) is 1. The Morgan fingerprint density at radius 1 is 1.03 bits per heavy atom. The molecule has 4 aromatic rings. The van der Waals surface area contributed by atoms with Gasteiger partial charge in [-0.25, -0.2) is 19.5 Å². The monoisotopic (exact) mass is 437 g/mol. The zero-order valence-electron chi connectivity index (χ0n) is 17.3. The number of fused-ring (bicyclic) bond motifs is 2. The summed E-state index contributed by atoms with van der Waals surface area (Å²) in [7, 11) is 2.20. The van der Waals surface area contributed by atoms with Gasteiger partial charge < -0.3 is 10.2 Å². The molecule has 1 N–H and O–H groups in total. The Bertz CT molecular complexity index is 1230. The second-order valence-electron chi connectivity index (χ2n) is 8.54. The maximum Gasteiger partial charge on any atom is 0.241 e. The summed E-state index contributed by atoms with van der Waals surface area (Å²) < 4.78 is 3.63. The molecule has 0 bridgehead atoms. The molecule has 1 aliphatic heterocycles. The third kappa shape index (κ3) is 3.42. The first kappa shape index (κ1) is 19.0. The number of rotatable bonds is 4. The van der Waals surface area contributed by atoms with Crippen molar-refractivity contribution in [1.29, 1.82) is 0 Å². The molecule has 0 amide bonds. The zero-order valence-corrected chi connectivity index (χ0v) is 18.1. The van der Waals surface area contributed by atoms with Gasteiger partial charge in [-0.2, -0.15) is 0 Å². The number of imidazole rings is 1. The summed E-state index contributed by atoms with van der Waals surface area (Å²) in [6.45, 7) is 4.68. The van der Waals surface area contributed by atoms with E-state index in [2.05, 4.69) is 42.2 Å². The second-order valence-corrected chi connectivity index (χ2v) is 8.93. The van der Waals surface area contributed by atoms with E-state index < -0.39 is 0 Å². The van der Waals surface area contributed by atoms with Crippen LogP contribution in [0.15, 0.2) is 37.1 Å². The van der Waals surface area contributed by atoms with Gasteiger partial charge in [0, 0.05) is 68.0 Å². The first-order valence-electron chi connectivity index (χ1n) is 10.7. The predicted molar refractivity (Wildman–Crippen MR) is 119 cm³/mol. The molecule has 4 aromatic heterocycles. The molecule has 0 aromatic carbocycles. The fourth-order valence-electron chi connectivity index (χ4n) is 4.57. The average Bonchev–Trinajstić information content (AvgIpc) is 3.34. The number of hydrogen-bond acceptors (Lipinski definition) is 7. The highest BCUT2D eigenvalue weighted by atomic mass is 35.5. The van der Waals surface area contributed by atoms with E-state index in [1.165, 1.54) is 26.2 Å². The van der Waals surface area contributed by atoms with Gasteiger partial charge in [0.25, 0.3) is 0 Å². The Morgan fingerprint density at radius 2 is 1.84 bits per heavy atom. The van der Waals surface area contributed by atoms with Crippen LogP contribution in [0, 0.1) is 0 Å². The Kier molecular flexibility index (Phi) is 4.55. The Hall–Kier alpha value is -2.75. The largest absolute Gasteiger partial charge is 0.350 e. The van der Waals surface area contributed by atoms with Crippen molar-refractivity contribution < 1.29 is 0 Å². The highest BCUT2D eigenvalue weighted by Crippen LogP contribution is 2.29. The van der Waals surface area contributed by atoms with Crippen LogP contribution in [0.25, 0.3) is 22.4 Å². The number of anilines is 1. The van der Waals surface area contributed by atoms with E-state index in [-0.39, 0.29) is 0 Å². The van der Waals surface area contributed by atoms with Gasteiger partial charge >= 0.3 is 0 Å². The molecular weight excluding hydrogens is 414 g/mol. The molecule has 160 valence electrons. The molecule has 2 fully saturated rings. The van der Waals surface area contributed by atoms with Crippen LogP contribution >= 0.6 is 11.6 Å². The Labute approximate surface area is 184 Å². The summed E-state index contributed by atoms with van der Waals surface area (Å²) in [5.74, 6) is 1.25. The van der Waals surface area contributed by atoms with Gasteiger partial charge in [0.05, 0.1) is 17.9 Å². The van der Waals surface area contributed by atoms with Crippen LogP contribution < -0.4 is 5.32 Å². The second kappa shape index (κ2) is 7.44. The van der Waals surface area contributed by atoms with E-state index >= 15 is 0 Å². The van der Waals surface area contributed by atoms with Gasteiger partial charge in [-0.3, -0.25) is 9.30 Å². The van der Waals surface area contributed by atoms with Crippen molar-refractivity contribution in [2.45, 2.75) is 24.9 Å². The highest BCUT2D eigenvalue weighted by molar-refractivity contribution is 6.29. The molecule has 1 aliphatic carbocycles. The van der Waals surface area contributed by atoms with E-state index in [4.69, 9.17) is 11.6 Å². The van der Waals surface area contributed by atoms with Crippen molar-refractivity contribution in [1.82, 2.24) is 38.8 Å². The number of halogens is 1. The molecule has 6 rings (SSSR count). The van der Waals surface area contributed by atoms with Gasteiger partial charge in [0.1, 0.15) is 5.15 Å². The van der Waals surface area contributed by atoms with Gasteiger partial charge in [-0.1, -0.05) is 11.6 Å². The van der Waals surface area contributed by atoms with Crippen molar-refractivity contribution in [2.24, 2.45) is 0 Å². The van der Waals surface area contributed by atoms with Crippen molar-refractivity contribution in [3.05, 3.63) is 42.2 Å². The molecule has 0 atom stereocenters. The minimum Gasteiger partial charge on any atom is -0.350 e. The van der Waals surface area contributed by atoms with E-state index in [9.17, 15) is 0 Å². The summed E-state index contributed by atoms with van der Waals surface area (Å²) in [6, 6.07) is 3.14. The summed E-state index contributed by atoms with van der Waals surface area (Å²) in [5, 5.41) is 8.71. The molecule has 5 heterocycles. The third-order valence-corrected chi connectivity index (χ3v) is 6.83. The van der Waals surface area contributed by atoms with Crippen LogP contribution in [-0.4, -0.2) is 84.1 Å². The molecule has 0 radical (unpaired) electrons. The smallest absolute Gasteiger partial charge is 0.241 e. The zero-order chi connectivity index (χ0) is 20.9. The normalized spacial score (nSPS) is 22.8. The van der Waals surface area contributed by atoms with Crippen LogP contribution in [-0.2, 0) is 0 Å². The topological polar surface area (TPSA) is 78.9 Å². The quantitative estimate of drug-likeness (QED) is 0.524. The SMILES string of the molecule is CN1CCN(C2CC(Nc3ncc4c(-c5cnc6ncc(Cl)n6c5)ccn4n3)C2)CC1. The lowest BCUT2D eigenvalue weighted by Gasteiger charge is -2.46. The minimum atomic E-state index is 0.437.